The van der Waals surface area contributed by atoms with Gasteiger partial charge in [-0.05, 0) is 37.3 Å². The van der Waals surface area contributed by atoms with Crippen molar-refractivity contribution in [3.63, 3.8) is 0 Å². The van der Waals surface area contributed by atoms with Crippen LogP contribution in [-0.4, -0.2) is 53.7 Å². The largest absolute Gasteiger partial charge is 0.482 e. The first kappa shape index (κ1) is 21.8. The highest BCUT2D eigenvalue weighted by atomic mass is 32.1. The molecule has 3 heterocycles. The average Bonchev–Trinajstić information content (AvgIpc) is 3.31. The third-order valence-corrected chi connectivity index (χ3v) is 6.69. The van der Waals surface area contributed by atoms with Crippen LogP contribution >= 0.6 is 11.3 Å². The number of likely N-dealkylation sites (N-methyl/N-ethyl adjacent to an activating group) is 1. The molecule has 172 valence electrons. The zero-order valence-electron chi connectivity index (χ0n) is 18.5. The monoisotopic (exact) mass is 476 g/mol. The van der Waals surface area contributed by atoms with E-state index in [1.165, 1.54) is 11.3 Å². The van der Waals surface area contributed by atoms with Gasteiger partial charge in [0.15, 0.2) is 11.7 Å². The number of anilines is 2. The van der Waals surface area contributed by atoms with Crippen molar-refractivity contribution in [3.05, 3.63) is 58.5 Å². The summed E-state index contributed by atoms with van der Waals surface area (Å²) >= 11 is 1.32. The fourth-order valence-electron chi connectivity index (χ4n) is 3.97. The van der Waals surface area contributed by atoms with Crippen LogP contribution in [0.1, 0.15) is 32.0 Å². The van der Waals surface area contributed by atoms with Crippen LogP contribution in [0.2, 0.25) is 0 Å². The molecule has 0 unspecified atom stereocenters. The highest BCUT2D eigenvalue weighted by molar-refractivity contribution is 7.16. The second kappa shape index (κ2) is 8.38. The number of carbonyl (C=O) groups is 4. The number of hydrogen-bond donors (Lipinski definition) is 1. The van der Waals surface area contributed by atoms with Crippen molar-refractivity contribution in [1.29, 1.82) is 0 Å². The maximum atomic E-state index is 12.5. The van der Waals surface area contributed by atoms with Crippen LogP contribution in [0.4, 0.5) is 10.8 Å². The van der Waals surface area contributed by atoms with Crippen molar-refractivity contribution in [3.8, 4) is 17.0 Å². The minimum Gasteiger partial charge on any atom is -0.482 e. The fourth-order valence-corrected chi connectivity index (χ4v) is 4.83. The highest BCUT2D eigenvalue weighted by Crippen LogP contribution is 2.37. The number of rotatable bonds is 5. The smallest absolute Gasteiger partial charge is 0.264 e. The minimum atomic E-state index is -0.388. The first-order valence-electron chi connectivity index (χ1n) is 10.6. The molecule has 0 radical (unpaired) electrons. The Kier molecular flexibility index (Phi) is 5.37. The second-order valence-electron chi connectivity index (χ2n) is 7.95. The second-order valence-corrected chi connectivity index (χ2v) is 9.16. The van der Waals surface area contributed by atoms with E-state index in [1.54, 1.807) is 42.3 Å². The molecule has 10 heteroatoms. The molecule has 1 N–H and O–H groups in total. The van der Waals surface area contributed by atoms with Crippen molar-refractivity contribution in [1.82, 2.24) is 9.88 Å². The number of nitrogens with zero attached hydrogens (tertiary/aromatic N) is 3. The molecule has 4 amide bonds. The Hall–Kier alpha value is -4.05. The van der Waals surface area contributed by atoms with Crippen LogP contribution in [0.3, 0.4) is 0 Å². The number of benzene rings is 2. The van der Waals surface area contributed by atoms with Crippen LogP contribution in [0.15, 0.2) is 42.5 Å². The maximum Gasteiger partial charge on any atom is 0.264 e. The first-order valence-corrected chi connectivity index (χ1v) is 11.4. The number of carbonyl (C=O) groups excluding carboxylic acids is 4. The molecule has 0 spiro atoms. The third-order valence-electron chi connectivity index (χ3n) is 5.80. The van der Waals surface area contributed by atoms with Crippen molar-refractivity contribution >= 4 is 45.8 Å². The summed E-state index contributed by atoms with van der Waals surface area (Å²) in [5.74, 6) is -0.631. The number of fused-ring (bicyclic) bond motifs is 2. The Balaban J connectivity index is 1.26. The van der Waals surface area contributed by atoms with Gasteiger partial charge in [0.25, 0.3) is 17.7 Å². The van der Waals surface area contributed by atoms with Gasteiger partial charge >= 0.3 is 0 Å². The van der Waals surface area contributed by atoms with Crippen molar-refractivity contribution in [2.45, 2.75) is 13.3 Å². The van der Waals surface area contributed by atoms with Gasteiger partial charge in [0.1, 0.15) is 5.75 Å². The number of imide groups is 1. The summed E-state index contributed by atoms with van der Waals surface area (Å²) in [6.45, 7) is 1.89. The zero-order chi connectivity index (χ0) is 24.0. The molecule has 0 aliphatic carbocycles. The summed E-state index contributed by atoms with van der Waals surface area (Å²) in [6, 6.07) is 12.1. The number of nitrogens with one attached hydrogen (secondary N) is 1. The Morgan fingerprint density at radius 1 is 1.12 bits per heavy atom. The summed E-state index contributed by atoms with van der Waals surface area (Å²) in [5, 5.41) is 3.17. The number of aromatic nitrogens is 1. The predicted molar refractivity (Wildman–Crippen MR) is 126 cm³/mol. The normalized spacial score (nSPS) is 14.7. The Labute approximate surface area is 199 Å². The summed E-state index contributed by atoms with van der Waals surface area (Å²) in [4.78, 5) is 57.5. The summed E-state index contributed by atoms with van der Waals surface area (Å²) < 4.78 is 5.47. The molecule has 1 aromatic heterocycles. The van der Waals surface area contributed by atoms with E-state index in [4.69, 9.17) is 4.74 Å². The van der Waals surface area contributed by atoms with E-state index in [1.807, 2.05) is 19.1 Å². The van der Waals surface area contributed by atoms with Crippen LogP contribution < -0.4 is 15.0 Å². The molecule has 0 bridgehead atoms. The lowest BCUT2D eigenvalue weighted by Gasteiger charge is -2.26. The van der Waals surface area contributed by atoms with E-state index in [2.05, 4.69) is 10.3 Å². The zero-order valence-corrected chi connectivity index (χ0v) is 19.3. The lowest BCUT2D eigenvalue weighted by molar-refractivity contribution is -0.121. The van der Waals surface area contributed by atoms with Gasteiger partial charge in [0.05, 0.1) is 22.5 Å². The maximum absolute atomic E-state index is 12.5. The molecule has 34 heavy (non-hydrogen) atoms. The van der Waals surface area contributed by atoms with Crippen LogP contribution in [0.25, 0.3) is 11.3 Å². The van der Waals surface area contributed by atoms with E-state index in [9.17, 15) is 19.2 Å². The molecule has 2 aliphatic heterocycles. The SMILES string of the molecule is Cc1sc(NC(=O)CCN2C(=O)c3ccccc3C2=O)nc1-c1ccc2c(c1)N(C)C(=O)CO2. The number of ether oxygens (including phenoxy) is 1. The number of hydrogen-bond acceptors (Lipinski definition) is 7. The van der Waals surface area contributed by atoms with Crippen molar-refractivity contribution in [2.75, 3.05) is 30.4 Å². The predicted octanol–water partition coefficient (Wildman–Crippen LogP) is 3.10. The molecular formula is C24H20N4O5S. The first-order chi connectivity index (χ1) is 16.3. The molecule has 9 nitrogen and oxygen atoms in total. The van der Waals surface area contributed by atoms with Crippen LogP contribution in [0.5, 0.6) is 5.75 Å². The van der Waals surface area contributed by atoms with Gasteiger partial charge in [0.2, 0.25) is 5.91 Å². The lowest BCUT2D eigenvalue weighted by atomic mass is 10.1. The van der Waals surface area contributed by atoms with Gasteiger partial charge in [0, 0.05) is 30.5 Å². The number of amides is 4. The summed E-state index contributed by atoms with van der Waals surface area (Å²) in [5.41, 5.74) is 2.86. The molecular weight excluding hydrogens is 456 g/mol. The van der Waals surface area contributed by atoms with Crippen molar-refractivity contribution < 1.29 is 23.9 Å². The Morgan fingerprint density at radius 3 is 2.53 bits per heavy atom. The Bertz CT molecular complexity index is 1330. The standard InChI is InChI=1S/C24H20N4O5S/c1-13-21(14-7-8-18-17(11-14)27(2)20(30)12-33-18)26-24(34-13)25-19(29)9-10-28-22(31)15-5-3-4-6-16(15)23(28)32/h3-8,11H,9-10,12H2,1-2H3,(H,25,26,29). The quantitative estimate of drug-likeness (QED) is 0.567. The summed E-state index contributed by atoms with van der Waals surface area (Å²) in [7, 11) is 1.70. The molecule has 2 aromatic carbocycles. The molecule has 2 aliphatic rings. The van der Waals surface area contributed by atoms with E-state index in [-0.39, 0.29) is 43.2 Å². The molecule has 5 rings (SSSR count). The number of thiazole rings is 1. The fraction of sp³-hybridized carbons (Fsp3) is 0.208. The van der Waals surface area contributed by atoms with Gasteiger partial charge in [-0.1, -0.05) is 12.1 Å². The van der Waals surface area contributed by atoms with Crippen molar-refractivity contribution in [2.24, 2.45) is 0 Å². The van der Waals surface area contributed by atoms with E-state index in [0.29, 0.717) is 33.4 Å². The van der Waals surface area contributed by atoms with Gasteiger partial charge in [-0.15, -0.1) is 11.3 Å². The molecule has 3 aromatic rings. The third kappa shape index (κ3) is 3.71. The van der Waals surface area contributed by atoms with Gasteiger partial charge in [-0.2, -0.15) is 0 Å². The summed E-state index contributed by atoms with van der Waals surface area (Å²) in [6.07, 6.45) is -0.0392. The van der Waals surface area contributed by atoms with E-state index in [0.717, 1.165) is 15.3 Å². The van der Waals surface area contributed by atoms with E-state index < -0.39 is 0 Å². The number of aryl methyl sites for hydroxylation is 1. The highest BCUT2D eigenvalue weighted by Gasteiger charge is 2.35. The van der Waals surface area contributed by atoms with Crippen LogP contribution in [0, 0.1) is 6.92 Å². The average molecular weight is 477 g/mol. The molecule has 0 saturated heterocycles. The molecule has 0 fully saturated rings. The lowest BCUT2D eigenvalue weighted by Crippen LogP contribution is -2.35. The molecule has 0 saturated carbocycles. The van der Waals surface area contributed by atoms with Crippen LogP contribution in [-0.2, 0) is 9.59 Å². The van der Waals surface area contributed by atoms with E-state index >= 15 is 0 Å². The topological polar surface area (TPSA) is 109 Å². The minimum absolute atomic E-state index is 0.00939. The molecule has 0 atom stereocenters. The van der Waals surface area contributed by atoms with Gasteiger partial charge < -0.3 is 15.0 Å². The van der Waals surface area contributed by atoms with Gasteiger partial charge in [-0.25, -0.2) is 4.98 Å². The Morgan fingerprint density at radius 2 is 1.82 bits per heavy atom. The van der Waals surface area contributed by atoms with Gasteiger partial charge in [-0.3, -0.25) is 24.1 Å².